The van der Waals surface area contributed by atoms with Crippen LogP contribution < -0.4 is 21.9 Å². The average molecular weight is 473 g/mol. The minimum absolute atomic E-state index is 0.0873. The molecule has 0 saturated heterocycles. The second-order valence-electron chi connectivity index (χ2n) is 8.60. The van der Waals surface area contributed by atoms with Crippen molar-refractivity contribution < 1.29 is 14.0 Å². The van der Waals surface area contributed by atoms with Crippen LogP contribution in [0.15, 0.2) is 32.4 Å². The number of hydrogen-bond acceptors (Lipinski definition) is 6. The number of carbonyl (C=O) groups excluding carboxylic acids is 2. The van der Waals surface area contributed by atoms with Gasteiger partial charge in [0.2, 0.25) is 11.8 Å². The maximum absolute atomic E-state index is 12.6. The quantitative estimate of drug-likeness (QED) is 0.362. The lowest BCUT2D eigenvalue weighted by molar-refractivity contribution is -0.126. The van der Waals surface area contributed by atoms with Gasteiger partial charge in [-0.1, -0.05) is 27.2 Å². The second kappa shape index (κ2) is 11.5. The van der Waals surface area contributed by atoms with Crippen LogP contribution in [-0.4, -0.2) is 37.5 Å². The van der Waals surface area contributed by atoms with E-state index in [1.54, 1.807) is 16.7 Å². The van der Waals surface area contributed by atoms with E-state index < -0.39 is 11.2 Å². The zero-order valence-corrected chi connectivity index (χ0v) is 19.8. The molecular formula is C23H32N6O5. The van der Waals surface area contributed by atoms with Crippen molar-refractivity contribution in [3.63, 3.8) is 0 Å². The van der Waals surface area contributed by atoms with Crippen molar-refractivity contribution in [2.45, 2.75) is 66.1 Å². The third-order valence-corrected chi connectivity index (χ3v) is 5.31. The van der Waals surface area contributed by atoms with Gasteiger partial charge in [0, 0.05) is 25.9 Å². The van der Waals surface area contributed by atoms with Gasteiger partial charge in [0.15, 0.2) is 11.2 Å². The van der Waals surface area contributed by atoms with E-state index in [1.807, 2.05) is 20.8 Å². The Bertz CT molecular complexity index is 1240. The first kappa shape index (κ1) is 25.0. The number of hydrogen-bond donors (Lipinski definition) is 3. The van der Waals surface area contributed by atoms with E-state index in [-0.39, 0.29) is 43.7 Å². The minimum atomic E-state index is -0.482. The zero-order chi connectivity index (χ0) is 24.7. The van der Waals surface area contributed by atoms with Crippen LogP contribution in [0.1, 0.15) is 51.6 Å². The monoisotopic (exact) mass is 472 g/mol. The standard InChI is InChI=1S/C23H32N6O5/c1-4-5-10-28-21-20(22(32)27-23(28)33)29(14-15(2)3)17(26-21)8-9-18(30)25-13-19(31)24-12-16-7-6-11-34-16/h6-7,11,15H,4-5,8-10,12-14H2,1-3H3,(H,24,31)(H,25,30)(H,27,32,33). The number of aryl methyl sites for hydroxylation is 2. The molecule has 184 valence electrons. The Morgan fingerprint density at radius 2 is 1.97 bits per heavy atom. The van der Waals surface area contributed by atoms with Gasteiger partial charge in [-0.3, -0.25) is 23.9 Å². The number of nitrogens with one attached hydrogen (secondary N) is 3. The fourth-order valence-electron chi connectivity index (χ4n) is 3.65. The van der Waals surface area contributed by atoms with Crippen LogP contribution in [0, 0.1) is 5.92 Å². The van der Waals surface area contributed by atoms with Crippen molar-refractivity contribution in [3.8, 4) is 0 Å². The number of aromatic nitrogens is 4. The number of amides is 2. The van der Waals surface area contributed by atoms with Crippen molar-refractivity contribution >= 4 is 23.0 Å². The van der Waals surface area contributed by atoms with Crippen molar-refractivity contribution in [2.24, 2.45) is 5.92 Å². The van der Waals surface area contributed by atoms with Crippen molar-refractivity contribution in [2.75, 3.05) is 6.54 Å². The molecule has 0 atom stereocenters. The SMILES string of the molecule is CCCCn1c(=O)[nH]c(=O)c2c1nc(CCC(=O)NCC(=O)NCc1ccco1)n2CC(C)C. The molecule has 3 rings (SSSR count). The molecule has 2 amide bonds. The number of rotatable bonds is 12. The molecular weight excluding hydrogens is 440 g/mol. The summed E-state index contributed by atoms with van der Waals surface area (Å²) in [7, 11) is 0. The predicted molar refractivity (Wildman–Crippen MR) is 126 cm³/mol. The van der Waals surface area contributed by atoms with Crippen LogP contribution in [-0.2, 0) is 35.6 Å². The summed E-state index contributed by atoms with van der Waals surface area (Å²) >= 11 is 0. The first-order chi connectivity index (χ1) is 16.3. The molecule has 3 aromatic heterocycles. The topological polar surface area (TPSA) is 144 Å². The van der Waals surface area contributed by atoms with Crippen LogP contribution in [0.5, 0.6) is 0 Å². The van der Waals surface area contributed by atoms with Crippen LogP contribution in [0.3, 0.4) is 0 Å². The van der Waals surface area contributed by atoms with Crippen LogP contribution in [0.4, 0.5) is 0 Å². The van der Waals surface area contributed by atoms with E-state index in [2.05, 4.69) is 20.6 Å². The summed E-state index contributed by atoms with van der Waals surface area (Å²) < 4.78 is 8.43. The smallest absolute Gasteiger partial charge is 0.330 e. The average Bonchev–Trinajstić information content (AvgIpc) is 3.43. The van der Waals surface area contributed by atoms with Crippen molar-refractivity contribution in [3.05, 3.63) is 50.8 Å². The summed E-state index contributed by atoms with van der Waals surface area (Å²) in [5.41, 5.74) is -0.275. The highest BCUT2D eigenvalue weighted by atomic mass is 16.3. The van der Waals surface area contributed by atoms with Crippen molar-refractivity contribution in [1.82, 2.24) is 29.7 Å². The molecule has 34 heavy (non-hydrogen) atoms. The number of nitrogens with zero attached hydrogens (tertiary/aromatic N) is 3. The molecule has 0 radical (unpaired) electrons. The van der Waals surface area contributed by atoms with Crippen LogP contribution in [0.25, 0.3) is 11.2 Å². The van der Waals surface area contributed by atoms with Gasteiger partial charge in [0.1, 0.15) is 11.6 Å². The fourth-order valence-corrected chi connectivity index (χ4v) is 3.65. The third-order valence-electron chi connectivity index (χ3n) is 5.31. The molecule has 0 aromatic carbocycles. The van der Waals surface area contributed by atoms with Gasteiger partial charge in [-0.05, 0) is 24.5 Å². The van der Waals surface area contributed by atoms with Gasteiger partial charge in [0.25, 0.3) is 5.56 Å². The molecule has 0 bridgehead atoms. The minimum Gasteiger partial charge on any atom is -0.467 e. The highest BCUT2D eigenvalue weighted by molar-refractivity contribution is 5.84. The van der Waals surface area contributed by atoms with Gasteiger partial charge < -0.3 is 19.6 Å². The lowest BCUT2D eigenvalue weighted by Gasteiger charge is -2.11. The predicted octanol–water partition coefficient (Wildman–Crippen LogP) is 1.30. The van der Waals surface area contributed by atoms with Gasteiger partial charge >= 0.3 is 5.69 Å². The van der Waals surface area contributed by atoms with E-state index in [0.29, 0.717) is 35.8 Å². The molecule has 11 heteroatoms. The highest BCUT2D eigenvalue weighted by Gasteiger charge is 2.20. The Morgan fingerprint density at radius 1 is 1.18 bits per heavy atom. The molecule has 3 N–H and O–H groups in total. The van der Waals surface area contributed by atoms with Crippen LogP contribution >= 0.6 is 0 Å². The fraction of sp³-hybridized carbons (Fsp3) is 0.522. The molecule has 0 aliphatic rings. The largest absolute Gasteiger partial charge is 0.467 e. The molecule has 11 nitrogen and oxygen atoms in total. The normalized spacial score (nSPS) is 11.3. The lowest BCUT2D eigenvalue weighted by atomic mass is 10.2. The highest BCUT2D eigenvalue weighted by Crippen LogP contribution is 2.16. The van der Waals surface area contributed by atoms with E-state index in [4.69, 9.17) is 4.42 Å². The van der Waals surface area contributed by atoms with E-state index in [0.717, 1.165) is 12.8 Å². The lowest BCUT2D eigenvalue weighted by Crippen LogP contribution is -2.36. The van der Waals surface area contributed by atoms with Crippen LogP contribution in [0.2, 0.25) is 0 Å². The Balaban J connectivity index is 1.70. The van der Waals surface area contributed by atoms with E-state index in [9.17, 15) is 19.2 Å². The molecule has 0 fully saturated rings. The molecule has 0 aliphatic carbocycles. The Hall–Kier alpha value is -3.63. The molecule has 3 aromatic rings. The number of imidazole rings is 1. The first-order valence-corrected chi connectivity index (χ1v) is 11.6. The molecule has 0 unspecified atom stereocenters. The van der Waals surface area contributed by atoms with E-state index >= 15 is 0 Å². The van der Waals surface area contributed by atoms with Gasteiger partial charge in [0.05, 0.1) is 19.4 Å². The zero-order valence-electron chi connectivity index (χ0n) is 19.8. The summed E-state index contributed by atoms with van der Waals surface area (Å²) in [6, 6.07) is 3.47. The van der Waals surface area contributed by atoms with Gasteiger partial charge in [-0.2, -0.15) is 0 Å². The number of aromatic amines is 1. The number of furan rings is 1. The summed E-state index contributed by atoms with van der Waals surface area (Å²) in [6.45, 7) is 7.13. The molecule has 0 spiro atoms. The summed E-state index contributed by atoms with van der Waals surface area (Å²) in [6.07, 6.45) is 3.54. The van der Waals surface area contributed by atoms with Gasteiger partial charge in [-0.25, -0.2) is 9.78 Å². The third kappa shape index (κ3) is 6.24. The number of H-pyrrole nitrogens is 1. The number of fused-ring (bicyclic) bond motifs is 1. The summed E-state index contributed by atoms with van der Waals surface area (Å²) in [5.74, 6) is 0.758. The molecule has 0 saturated carbocycles. The van der Waals surface area contributed by atoms with Crippen molar-refractivity contribution in [1.29, 1.82) is 0 Å². The van der Waals surface area contributed by atoms with E-state index in [1.165, 1.54) is 10.8 Å². The first-order valence-electron chi connectivity index (χ1n) is 11.6. The molecule has 0 aliphatic heterocycles. The van der Waals surface area contributed by atoms with Gasteiger partial charge in [-0.15, -0.1) is 0 Å². The summed E-state index contributed by atoms with van der Waals surface area (Å²) in [5, 5.41) is 5.26. The molecule has 3 heterocycles. The maximum Gasteiger partial charge on any atom is 0.330 e. The maximum atomic E-state index is 12.6. The Labute approximate surface area is 196 Å². The number of carbonyl (C=O) groups is 2. The second-order valence-corrected chi connectivity index (χ2v) is 8.60. The Morgan fingerprint density at radius 3 is 2.65 bits per heavy atom. The Kier molecular flexibility index (Phi) is 8.44. The summed E-state index contributed by atoms with van der Waals surface area (Å²) in [4.78, 5) is 56.3. The number of unbranched alkanes of at least 4 members (excludes halogenated alkanes) is 1.